The Kier molecular flexibility index (Phi) is 6.16. The molecule has 0 spiro atoms. The summed E-state index contributed by atoms with van der Waals surface area (Å²) in [7, 11) is 0. The summed E-state index contributed by atoms with van der Waals surface area (Å²) in [6, 6.07) is 20.5. The number of hydrogen-bond acceptors (Lipinski definition) is 4. The first-order chi connectivity index (χ1) is 15.0. The standard InChI is InChI=1S/C25H20ClNO3S/c1-16-8-7-12-21(17(16)2)27-24(28)23(31-25(27)29)14-18-9-4-6-13-22(18)30-15-19-10-3-5-11-20(19)26/h3-14H,15H2,1-2H3/b23-14-. The molecule has 0 radical (unpaired) electrons. The van der Waals surface area contributed by atoms with Gasteiger partial charge in [0.1, 0.15) is 12.4 Å². The molecule has 4 rings (SSSR count). The number of para-hydroxylation sites is 1. The van der Waals surface area contributed by atoms with Gasteiger partial charge in [0.2, 0.25) is 0 Å². The van der Waals surface area contributed by atoms with E-state index in [0.717, 1.165) is 34.0 Å². The maximum Gasteiger partial charge on any atom is 0.298 e. The largest absolute Gasteiger partial charge is 0.488 e. The highest BCUT2D eigenvalue weighted by Crippen LogP contribution is 2.38. The Morgan fingerprint density at radius 1 is 0.968 bits per heavy atom. The van der Waals surface area contributed by atoms with Crippen molar-refractivity contribution >= 4 is 46.3 Å². The summed E-state index contributed by atoms with van der Waals surface area (Å²) < 4.78 is 5.97. The normalized spacial score (nSPS) is 15.1. The average Bonchev–Trinajstić information content (AvgIpc) is 3.03. The lowest BCUT2D eigenvalue weighted by atomic mass is 10.1. The SMILES string of the molecule is Cc1cccc(N2C(=O)S/C(=C\c3ccccc3OCc3ccccc3Cl)C2=O)c1C. The number of carbonyl (C=O) groups excluding carboxylic acids is 2. The summed E-state index contributed by atoms with van der Waals surface area (Å²) in [5, 5.41) is 0.328. The molecule has 0 atom stereocenters. The third-order valence-corrected chi connectivity index (χ3v) is 6.40. The molecule has 31 heavy (non-hydrogen) atoms. The first-order valence-corrected chi connectivity index (χ1v) is 10.9. The first kappa shape index (κ1) is 21.2. The maximum absolute atomic E-state index is 13.1. The number of nitrogens with zero attached hydrogens (tertiary/aromatic N) is 1. The van der Waals surface area contributed by atoms with Crippen LogP contribution in [0.4, 0.5) is 10.5 Å². The number of rotatable bonds is 5. The van der Waals surface area contributed by atoms with Crippen molar-refractivity contribution in [1.29, 1.82) is 0 Å². The summed E-state index contributed by atoms with van der Waals surface area (Å²) >= 11 is 7.15. The van der Waals surface area contributed by atoms with Crippen LogP contribution >= 0.6 is 23.4 Å². The molecule has 3 aromatic rings. The minimum absolute atomic E-state index is 0.300. The van der Waals surface area contributed by atoms with Gasteiger partial charge in [-0.2, -0.15) is 0 Å². The highest BCUT2D eigenvalue weighted by atomic mass is 35.5. The van der Waals surface area contributed by atoms with Crippen LogP contribution in [0.1, 0.15) is 22.3 Å². The minimum Gasteiger partial charge on any atom is -0.488 e. The molecule has 1 saturated heterocycles. The number of aryl methyl sites for hydroxylation is 1. The highest BCUT2D eigenvalue weighted by Gasteiger charge is 2.37. The van der Waals surface area contributed by atoms with Crippen LogP contribution in [-0.4, -0.2) is 11.1 Å². The van der Waals surface area contributed by atoms with Crippen LogP contribution in [0.5, 0.6) is 5.75 Å². The number of imide groups is 1. The smallest absolute Gasteiger partial charge is 0.298 e. The molecule has 3 aromatic carbocycles. The molecular formula is C25H20ClNO3S. The van der Waals surface area contributed by atoms with Crippen LogP contribution < -0.4 is 9.64 Å². The molecule has 0 saturated carbocycles. The predicted octanol–water partition coefficient (Wildman–Crippen LogP) is 6.78. The topological polar surface area (TPSA) is 46.6 Å². The van der Waals surface area contributed by atoms with Gasteiger partial charge < -0.3 is 4.74 Å². The molecule has 0 aliphatic carbocycles. The number of ether oxygens (including phenoxy) is 1. The number of anilines is 1. The van der Waals surface area contributed by atoms with E-state index in [2.05, 4.69) is 0 Å². The van der Waals surface area contributed by atoms with Crippen LogP contribution in [0, 0.1) is 13.8 Å². The van der Waals surface area contributed by atoms with E-state index < -0.39 is 0 Å². The maximum atomic E-state index is 13.1. The van der Waals surface area contributed by atoms with Gasteiger partial charge in [-0.1, -0.05) is 60.1 Å². The number of halogens is 1. The lowest BCUT2D eigenvalue weighted by molar-refractivity contribution is -0.113. The molecule has 156 valence electrons. The Hall–Kier alpha value is -3.02. The van der Waals surface area contributed by atoms with E-state index in [4.69, 9.17) is 16.3 Å². The summed E-state index contributed by atoms with van der Waals surface area (Å²) in [4.78, 5) is 27.3. The van der Waals surface area contributed by atoms with Gasteiger partial charge in [-0.15, -0.1) is 0 Å². The Morgan fingerprint density at radius 3 is 2.52 bits per heavy atom. The molecular weight excluding hydrogens is 430 g/mol. The monoisotopic (exact) mass is 449 g/mol. The van der Waals surface area contributed by atoms with Gasteiger partial charge in [-0.3, -0.25) is 9.59 Å². The second-order valence-corrected chi connectivity index (χ2v) is 8.55. The number of carbonyl (C=O) groups is 2. The highest BCUT2D eigenvalue weighted by molar-refractivity contribution is 8.19. The van der Waals surface area contributed by atoms with Crippen LogP contribution in [0.3, 0.4) is 0 Å². The van der Waals surface area contributed by atoms with E-state index in [1.54, 1.807) is 12.1 Å². The third kappa shape index (κ3) is 4.38. The molecule has 1 fully saturated rings. The Bertz CT molecular complexity index is 1200. The molecule has 0 bridgehead atoms. The first-order valence-electron chi connectivity index (χ1n) is 9.75. The molecule has 1 aliphatic rings. The van der Waals surface area contributed by atoms with Crippen molar-refractivity contribution in [3.05, 3.63) is 98.9 Å². The van der Waals surface area contributed by atoms with Gasteiger partial charge >= 0.3 is 0 Å². The Morgan fingerprint density at radius 2 is 1.71 bits per heavy atom. The van der Waals surface area contributed by atoms with Gasteiger partial charge in [-0.05, 0) is 61.0 Å². The van der Waals surface area contributed by atoms with Crippen molar-refractivity contribution in [3.8, 4) is 5.75 Å². The van der Waals surface area contributed by atoms with Crippen LogP contribution in [0.15, 0.2) is 71.6 Å². The van der Waals surface area contributed by atoms with Crippen molar-refractivity contribution in [2.24, 2.45) is 0 Å². The van der Waals surface area contributed by atoms with Gasteiger partial charge in [-0.25, -0.2) is 4.90 Å². The van der Waals surface area contributed by atoms with Gasteiger partial charge in [0.05, 0.1) is 10.6 Å². The van der Waals surface area contributed by atoms with Crippen LogP contribution in [0.25, 0.3) is 6.08 Å². The summed E-state index contributed by atoms with van der Waals surface area (Å²) in [6.45, 7) is 4.17. The number of hydrogen-bond donors (Lipinski definition) is 0. The molecule has 0 aromatic heterocycles. The predicted molar refractivity (Wildman–Crippen MR) is 127 cm³/mol. The molecule has 4 nitrogen and oxygen atoms in total. The van der Waals surface area contributed by atoms with E-state index in [0.29, 0.717) is 28.0 Å². The van der Waals surface area contributed by atoms with Crippen molar-refractivity contribution in [2.75, 3.05) is 4.90 Å². The quantitative estimate of drug-likeness (QED) is 0.403. The molecule has 0 N–H and O–H groups in total. The summed E-state index contributed by atoms with van der Waals surface area (Å²) in [6.07, 6.45) is 1.71. The Balaban J connectivity index is 1.61. The van der Waals surface area contributed by atoms with Crippen molar-refractivity contribution in [3.63, 3.8) is 0 Å². The van der Waals surface area contributed by atoms with E-state index in [1.165, 1.54) is 4.90 Å². The van der Waals surface area contributed by atoms with Crippen LogP contribution in [0.2, 0.25) is 5.02 Å². The van der Waals surface area contributed by atoms with Gasteiger partial charge in [0, 0.05) is 16.1 Å². The fraction of sp³-hybridized carbons (Fsp3) is 0.120. The number of thioether (sulfide) groups is 1. The van der Waals surface area contributed by atoms with Crippen molar-refractivity contribution < 1.29 is 14.3 Å². The zero-order chi connectivity index (χ0) is 22.0. The summed E-state index contributed by atoms with van der Waals surface area (Å²) in [5.74, 6) is 0.283. The molecule has 1 heterocycles. The van der Waals surface area contributed by atoms with Crippen LogP contribution in [-0.2, 0) is 11.4 Å². The lowest BCUT2D eigenvalue weighted by Crippen LogP contribution is -2.28. The second-order valence-electron chi connectivity index (χ2n) is 7.15. The van der Waals surface area contributed by atoms with E-state index >= 15 is 0 Å². The van der Waals surface area contributed by atoms with Crippen molar-refractivity contribution in [2.45, 2.75) is 20.5 Å². The molecule has 0 unspecified atom stereocenters. The zero-order valence-electron chi connectivity index (χ0n) is 17.1. The average molecular weight is 450 g/mol. The molecule has 6 heteroatoms. The summed E-state index contributed by atoms with van der Waals surface area (Å²) in [5.41, 5.74) is 4.15. The molecule has 2 amide bonds. The molecule has 1 aliphatic heterocycles. The van der Waals surface area contributed by atoms with E-state index in [9.17, 15) is 9.59 Å². The second kappa shape index (κ2) is 9.00. The number of amides is 2. The minimum atomic E-state index is -0.329. The number of benzene rings is 3. The van der Waals surface area contributed by atoms with Crippen molar-refractivity contribution in [1.82, 2.24) is 0 Å². The van der Waals surface area contributed by atoms with E-state index in [-0.39, 0.29) is 11.1 Å². The fourth-order valence-electron chi connectivity index (χ4n) is 3.30. The van der Waals surface area contributed by atoms with E-state index in [1.807, 2.05) is 74.5 Å². The Labute approximate surface area is 190 Å². The van der Waals surface area contributed by atoms with Gasteiger partial charge in [0.25, 0.3) is 11.1 Å². The van der Waals surface area contributed by atoms with Gasteiger partial charge in [0.15, 0.2) is 0 Å². The third-order valence-electron chi connectivity index (χ3n) is 5.16. The zero-order valence-corrected chi connectivity index (χ0v) is 18.7. The lowest BCUT2D eigenvalue weighted by Gasteiger charge is -2.16. The fourth-order valence-corrected chi connectivity index (χ4v) is 4.31.